The Morgan fingerprint density at radius 3 is 2.15 bits per heavy atom. The van der Waals surface area contributed by atoms with Gasteiger partial charge in [0, 0.05) is 10.0 Å². The Morgan fingerprint density at radius 2 is 1.69 bits per heavy atom. The molecule has 0 N–H and O–H groups in total. The van der Waals surface area contributed by atoms with E-state index in [1.54, 1.807) is 18.2 Å². The van der Waals surface area contributed by atoms with Gasteiger partial charge in [-0.15, -0.1) is 0 Å². The molecule has 0 heterocycles. The largest absolute Gasteiger partial charge is 0.493 e. The Kier molecular flexibility index (Phi) is 3.89. The molecule has 0 aromatic heterocycles. The number of halogens is 2. The van der Waals surface area contributed by atoms with E-state index in [-0.39, 0.29) is 0 Å². The average Bonchev–Trinajstić information content (AvgIpc) is 1.99. The molecule has 0 atom stereocenters. The third-order valence-corrected chi connectivity index (χ3v) is 1.86. The highest BCUT2D eigenvalue weighted by Crippen LogP contribution is 2.24. The van der Waals surface area contributed by atoms with Crippen molar-refractivity contribution >= 4 is 23.2 Å². The molecular weight excluding hydrogens is 207 g/mol. The van der Waals surface area contributed by atoms with Crippen LogP contribution in [-0.4, -0.2) is 6.61 Å². The second-order valence-electron chi connectivity index (χ2n) is 3.31. The Bertz CT molecular complexity index is 264. The minimum absolute atomic E-state index is 0.498. The first-order chi connectivity index (χ1) is 6.08. The number of benzene rings is 1. The lowest BCUT2D eigenvalue weighted by Gasteiger charge is -2.08. The molecule has 1 nitrogen and oxygen atoms in total. The van der Waals surface area contributed by atoms with Gasteiger partial charge in [-0.3, -0.25) is 0 Å². The van der Waals surface area contributed by atoms with Crippen LogP contribution in [0.4, 0.5) is 0 Å². The molecule has 13 heavy (non-hydrogen) atoms. The third-order valence-electron chi connectivity index (χ3n) is 1.42. The van der Waals surface area contributed by atoms with Crippen molar-refractivity contribution in [3.8, 4) is 5.75 Å². The van der Waals surface area contributed by atoms with E-state index in [0.29, 0.717) is 22.6 Å². The van der Waals surface area contributed by atoms with Crippen molar-refractivity contribution in [3.05, 3.63) is 28.2 Å². The molecule has 0 spiro atoms. The SMILES string of the molecule is CC(C)COc1cc(Cl)cc(Cl)c1. The van der Waals surface area contributed by atoms with Crippen LogP contribution in [0.2, 0.25) is 10.0 Å². The van der Waals surface area contributed by atoms with Crippen molar-refractivity contribution in [1.29, 1.82) is 0 Å². The molecule has 0 saturated heterocycles. The van der Waals surface area contributed by atoms with Crippen molar-refractivity contribution in [2.75, 3.05) is 6.61 Å². The van der Waals surface area contributed by atoms with Gasteiger partial charge < -0.3 is 4.74 Å². The summed E-state index contributed by atoms with van der Waals surface area (Å²) < 4.78 is 5.46. The van der Waals surface area contributed by atoms with E-state index in [1.807, 2.05) is 0 Å². The molecule has 1 aromatic rings. The van der Waals surface area contributed by atoms with E-state index in [1.165, 1.54) is 0 Å². The first-order valence-electron chi connectivity index (χ1n) is 4.17. The molecule has 1 rings (SSSR count). The summed E-state index contributed by atoms with van der Waals surface area (Å²) in [5.74, 6) is 1.23. The quantitative estimate of drug-likeness (QED) is 0.745. The molecule has 0 fully saturated rings. The summed E-state index contributed by atoms with van der Waals surface area (Å²) >= 11 is 11.6. The van der Waals surface area contributed by atoms with Crippen LogP contribution in [0.1, 0.15) is 13.8 Å². The molecule has 0 aliphatic heterocycles. The summed E-state index contributed by atoms with van der Waals surface area (Å²) in [6, 6.07) is 5.21. The predicted octanol–water partition coefficient (Wildman–Crippen LogP) is 4.03. The molecular formula is C10H12Cl2O. The van der Waals surface area contributed by atoms with Gasteiger partial charge in [0.15, 0.2) is 0 Å². The molecule has 0 unspecified atom stereocenters. The van der Waals surface area contributed by atoms with Crippen molar-refractivity contribution in [1.82, 2.24) is 0 Å². The van der Waals surface area contributed by atoms with Crippen molar-refractivity contribution in [2.45, 2.75) is 13.8 Å². The lowest BCUT2D eigenvalue weighted by Crippen LogP contribution is -2.04. The first kappa shape index (κ1) is 10.7. The standard InChI is InChI=1S/C10H12Cl2O/c1-7(2)6-13-10-4-8(11)3-9(12)5-10/h3-5,7H,6H2,1-2H3. The van der Waals surface area contributed by atoms with Crippen molar-refractivity contribution in [2.24, 2.45) is 5.92 Å². The highest BCUT2D eigenvalue weighted by molar-refractivity contribution is 6.34. The summed E-state index contributed by atoms with van der Waals surface area (Å²) in [5.41, 5.74) is 0. The molecule has 0 amide bonds. The molecule has 0 bridgehead atoms. The molecule has 0 aliphatic carbocycles. The fourth-order valence-corrected chi connectivity index (χ4v) is 1.38. The predicted molar refractivity (Wildman–Crippen MR) is 56.8 cm³/mol. The Labute approximate surface area is 88.6 Å². The van der Waals surface area contributed by atoms with Crippen LogP contribution >= 0.6 is 23.2 Å². The molecule has 0 saturated carbocycles. The number of hydrogen-bond acceptors (Lipinski definition) is 1. The summed E-state index contributed by atoms with van der Waals surface area (Å²) in [4.78, 5) is 0. The van der Waals surface area contributed by atoms with Gasteiger partial charge in [0.25, 0.3) is 0 Å². The maximum atomic E-state index is 5.80. The average molecular weight is 219 g/mol. The smallest absolute Gasteiger partial charge is 0.122 e. The second kappa shape index (κ2) is 4.73. The van der Waals surface area contributed by atoms with Gasteiger partial charge in [-0.05, 0) is 24.1 Å². The van der Waals surface area contributed by atoms with Gasteiger partial charge in [-0.25, -0.2) is 0 Å². The lowest BCUT2D eigenvalue weighted by molar-refractivity contribution is 0.271. The van der Waals surface area contributed by atoms with Crippen LogP contribution in [-0.2, 0) is 0 Å². The summed E-state index contributed by atoms with van der Waals surface area (Å²) in [6.45, 7) is 4.86. The van der Waals surface area contributed by atoms with Gasteiger partial charge in [-0.2, -0.15) is 0 Å². The normalized spacial score (nSPS) is 10.5. The second-order valence-corrected chi connectivity index (χ2v) is 4.18. The van der Waals surface area contributed by atoms with E-state index in [4.69, 9.17) is 27.9 Å². The third kappa shape index (κ3) is 3.88. The number of rotatable bonds is 3. The zero-order chi connectivity index (χ0) is 9.84. The summed E-state index contributed by atoms with van der Waals surface area (Å²) in [7, 11) is 0. The number of hydrogen-bond donors (Lipinski definition) is 0. The molecule has 72 valence electrons. The molecule has 0 aliphatic rings. The lowest BCUT2D eigenvalue weighted by atomic mass is 10.2. The topological polar surface area (TPSA) is 9.23 Å². The van der Waals surface area contributed by atoms with E-state index in [2.05, 4.69) is 13.8 Å². The van der Waals surface area contributed by atoms with Crippen LogP contribution < -0.4 is 4.74 Å². The van der Waals surface area contributed by atoms with E-state index < -0.39 is 0 Å². The van der Waals surface area contributed by atoms with Crippen LogP contribution in [0, 0.1) is 5.92 Å². The van der Waals surface area contributed by atoms with E-state index in [0.717, 1.165) is 5.75 Å². The van der Waals surface area contributed by atoms with Crippen LogP contribution in [0.25, 0.3) is 0 Å². The highest BCUT2D eigenvalue weighted by atomic mass is 35.5. The van der Waals surface area contributed by atoms with Gasteiger partial charge in [0.1, 0.15) is 5.75 Å². The summed E-state index contributed by atoms with van der Waals surface area (Å²) in [5, 5.41) is 1.21. The van der Waals surface area contributed by atoms with Gasteiger partial charge in [-0.1, -0.05) is 37.0 Å². The van der Waals surface area contributed by atoms with Gasteiger partial charge >= 0.3 is 0 Å². The minimum atomic E-state index is 0.498. The highest BCUT2D eigenvalue weighted by Gasteiger charge is 2.00. The maximum absolute atomic E-state index is 5.80. The Morgan fingerprint density at radius 1 is 1.15 bits per heavy atom. The van der Waals surface area contributed by atoms with Crippen molar-refractivity contribution in [3.63, 3.8) is 0 Å². The number of ether oxygens (including phenoxy) is 1. The van der Waals surface area contributed by atoms with E-state index >= 15 is 0 Å². The zero-order valence-electron chi connectivity index (χ0n) is 7.68. The van der Waals surface area contributed by atoms with Crippen LogP contribution in [0.3, 0.4) is 0 Å². The zero-order valence-corrected chi connectivity index (χ0v) is 9.19. The molecule has 1 aromatic carbocycles. The molecule has 3 heteroatoms. The monoisotopic (exact) mass is 218 g/mol. The van der Waals surface area contributed by atoms with E-state index in [9.17, 15) is 0 Å². The Balaban J connectivity index is 2.66. The molecule has 0 radical (unpaired) electrons. The van der Waals surface area contributed by atoms with Crippen LogP contribution in [0.5, 0.6) is 5.75 Å². The van der Waals surface area contributed by atoms with Crippen molar-refractivity contribution < 1.29 is 4.74 Å². The fraction of sp³-hybridized carbons (Fsp3) is 0.400. The van der Waals surface area contributed by atoms with Gasteiger partial charge in [0.2, 0.25) is 0 Å². The van der Waals surface area contributed by atoms with Crippen LogP contribution in [0.15, 0.2) is 18.2 Å². The summed E-state index contributed by atoms with van der Waals surface area (Å²) in [6.07, 6.45) is 0. The first-order valence-corrected chi connectivity index (χ1v) is 4.92. The van der Waals surface area contributed by atoms with Gasteiger partial charge in [0.05, 0.1) is 6.61 Å². The minimum Gasteiger partial charge on any atom is -0.493 e. The maximum Gasteiger partial charge on any atom is 0.122 e. The fourth-order valence-electron chi connectivity index (χ4n) is 0.875. The Hall–Kier alpha value is -0.400.